The highest BCUT2D eigenvalue weighted by molar-refractivity contribution is 9.10. The van der Waals surface area contributed by atoms with E-state index in [1.54, 1.807) is 6.21 Å². The largest absolute Gasteiger partial charge is 0.282 e. The van der Waals surface area contributed by atoms with Crippen LogP contribution in [0.3, 0.4) is 0 Å². The quantitative estimate of drug-likeness (QED) is 0.464. The van der Waals surface area contributed by atoms with Gasteiger partial charge in [-0.15, -0.1) is 0 Å². The molecule has 3 aromatic rings. The van der Waals surface area contributed by atoms with Gasteiger partial charge >= 0.3 is 0 Å². The van der Waals surface area contributed by atoms with Crippen molar-refractivity contribution < 1.29 is 0 Å². The first-order chi connectivity index (χ1) is 12.2. The highest BCUT2D eigenvalue weighted by Crippen LogP contribution is 2.14. The zero-order valence-electron chi connectivity index (χ0n) is 13.4. The van der Waals surface area contributed by atoms with E-state index in [-0.39, 0.29) is 5.84 Å². The van der Waals surface area contributed by atoms with Gasteiger partial charge in [-0.2, -0.15) is 0 Å². The lowest BCUT2D eigenvalue weighted by Gasteiger charge is -2.04. The summed E-state index contributed by atoms with van der Waals surface area (Å²) in [5, 5.41) is 8.27. The van der Waals surface area contributed by atoms with E-state index in [0.717, 1.165) is 21.2 Å². The Morgan fingerprint density at radius 1 is 0.800 bits per heavy atom. The second-order valence-electron chi connectivity index (χ2n) is 5.33. The Bertz CT molecular complexity index is 916. The van der Waals surface area contributed by atoms with Gasteiger partial charge in [-0.25, -0.2) is 9.98 Å². The lowest BCUT2D eigenvalue weighted by atomic mass is 10.2. The number of amidine groups is 2. The van der Waals surface area contributed by atoms with Crippen LogP contribution in [0.15, 0.2) is 99.4 Å². The van der Waals surface area contributed by atoms with E-state index in [0.29, 0.717) is 5.84 Å². The second-order valence-corrected chi connectivity index (χ2v) is 6.24. The van der Waals surface area contributed by atoms with Crippen LogP contribution < -0.4 is 0 Å². The fourth-order valence-electron chi connectivity index (χ4n) is 2.24. The standard InChI is InChI=1S/C21H16BrN3/c22-19-13-7-12-18(14-19)21(24-15-16-8-3-1-4-9-16)25-20(23)17-10-5-2-6-11-17/h1-15,23H. The minimum Gasteiger partial charge on any atom is -0.282 e. The minimum atomic E-state index is 0.181. The molecule has 3 rings (SSSR count). The number of hydrogen-bond acceptors (Lipinski definition) is 1. The van der Waals surface area contributed by atoms with Crippen molar-refractivity contribution in [2.45, 2.75) is 0 Å². The Hall–Kier alpha value is -2.85. The third kappa shape index (κ3) is 4.81. The topological polar surface area (TPSA) is 48.6 Å². The summed E-state index contributed by atoms with van der Waals surface area (Å²) in [7, 11) is 0. The molecule has 0 aliphatic carbocycles. The molecule has 0 unspecified atom stereocenters. The van der Waals surface area contributed by atoms with E-state index < -0.39 is 0 Å². The molecule has 4 heteroatoms. The number of hydrogen-bond donors (Lipinski definition) is 1. The average Bonchev–Trinajstić information content (AvgIpc) is 2.66. The number of aliphatic imine (C=N–C) groups is 2. The first-order valence-electron chi connectivity index (χ1n) is 7.80. The maximum atomic E-state index is 8.27. The monoisotopic (exact) mass is 389 g/mol. The van der Waals surface area contributed by atoms with Crippen molar-refractivity contribution in [2.75, 3.05) is 0 Å². The third-order valence-corrected chi connectivity index (χ3v) is 3.98. The van der Waals surface area contributed by atoms with Crippen LogP contribution in [0.5, 0.6) is 0 Å². The lowest BCUT2D eigenvalue weighted by Crippen LogP contribution is -2.04. The average molecular weight is 390 g/mol. The molecule has 0 bridgehead atoms. The third-order valence-electron chi connectivity index (χ3n) is 3.48. The molecule has 3 aromatic carbocycles. The normalized spacial score (nSPS) is 11.6. The summed E-state index contributed by atoms with van der Waals surface area (Å²) in [6.07, 6.45) is 1.76. The summed E-state index contributed by atoms with van der Waals surface area (Å²) in [4.78, 5) is 8.99. The maximum Gasteiger partial charge on any atom is 0.161 e. The van der Waals surface area contributed by atoms with E-state index in [1.165, 1.54) is 0 Å². The van der Waals surface area contributed by atoms with Crippen molar-refractivity contribution >= 4 is 33.8 Å². The number of rotatable bonds is 3. The van der Waals surface area contributed by atoms with Crippen molar-refractivity contribution in [3.63, 3.8) is 0 Å². The Kier molecular flexibility index (Phi) is 5.65. The first-order valence-corrected chi connectivity index (χ1v) is 8.59. The molecule has 0 saturated carbocycles. The van der Waals surface area contributed by atoms with Gasteiger partial charge in [-0.3, -0.25) is 5.41 Å². The molecule has 122 valence electrons. The van der Waals surface area contributed by atoms with Gasteiger partial charge in [0.1, 0.15) is 0 Å². The van der Waals surface area contributed by atoms with E-state index in [9.17, 15) is 0 Å². The lowest BCUT2D eigenvalue weighted by molar-refractivity contribution is 1.39. The Morgan fingerprint density at radius 2 is 1.44 bits per heavy atom. The predicted molar refractivity (Wildman–Crippen MR) is 108 cm³/mol. The number of nitrogens with one attached hydrogen (secondary N) is 1. The van der Waals surface area contributed by atoms with Gasteiger partial charge in [0.2, 0.25) is 0 Å². The summed E-state index contributed by atoms with van der Waals surface area (Å²) in [6, 6.07) is 27.0. The molecular formula is C21H16BrN3. The second kappa shape index (κ2) is 8.31. The van der Waals surface area contributed by atoms with Crippen LogP contribution in [-0.2, 0) is 0 Å². The Balaban J connectivity index is 1.98. The number of halogens is 1. The summed E-state index contributed by atoms with van der Waals surface area (Å²) in [6.45, 7) is 0. The van der Waals surface area contributed by atoms with Gasteiger partial charge in [-0.1, -0.05) is 88.7 Å². The molecule has 3 nitrogen and oxygen atoms in total. The maximum absolute atomic E-state index is 8.27. The van der Waals surface area contributed by atoms with Crippen LogP contribution >= 0.6 is 15.9 Å². The Morgan fingerprint density at radius 3 is 2.12 bits per heavy atom. The first kappa shape index (κ1) is 17.0. The highest BCUT2D eigenvalue weighted by Gasteiger charge is 2.06. The van der Waals surface area contributed by atoms with Gasteiger partial charge in [0.15, 0.2) is 11.7 Å². The van der Waals surface area contributed by atoms with Gasteiger partial charge < -0.3 is 0 Å². The molecule has 0 fully saturated rings. The Labute approximate surface area is 155 Å². The molecular weight excluding hydrogens is 374 g/mol. The van der Waals surface area contributed by atoms with Crippen molar-refractivity contribution in [2.24, 2.45) is 9.98 Å². The van der Waals surface area contributed by atoms with Gasteiger partial charge in [0.05, 0.1) is 0 Å². The number of benzene rings is 3. The fourth-order valence-corrected chi connectivity index (χ4v) is 2.64. The van der Waals surface area contributed by atoms with Crippen LogP contribution in [-0.4, -0.2) is 17.9 Å². The van der Waals surface area contributed by atoms with Crippen molar-refractivity contribution in [1.82, 2.24) is 0 Å². The van der Waals surface area contributed by atoms with Crippen LogP contribution in [0, 0.1) is 5.41 Å². The molecule has 0 aromatic heterocycles. The van der Waals surface area contributed by atoms with Gasteiger partial charge in [-0.05, 0) is 17.7 Å². The van der Waals surface area contributed by atoms with E-state index in [2.05, 4.69) is 25.9 Å². The van der Waals surface area contributed by atoms with Gasteiger partial charge in [0.25, 0.3) is 0 Å². The molecule has 0 aliphatic rings. The molecule has 1 N–H and O–H groups in total. The molecule has 0 spiro atoms. The fraction of sp³-hybridized carbons (Fsp3) is 0. The van der Waals surface area contributed by atoms with Crippen LogP contribution in [0.1, 0.15) is 16.7 Å². The molecule has 25 heavy (non-hydrogen) atoms. The molecule has 0 aliphatic heterocycles. The minimum absolute atomic E-state index is 0.181. The van der Waals surface area contributed by atoms with Crippen LogP contribution in [0.25, 0.3) is 0 Å². The van der Waals surface area contributed by atoms with Crippen LogP contribution in [0.4, 0.5) is 0 Å². The molecule has 0 amide bonds. The SMILES string of the molecule is N=C(N=C(N=Cc1ccccc1)c1cccc(Br)c1)c1ccccc1. The summed E-state index contributed by atoms with van der Waals surface area (Å²) in [5.74, 6) is 0.680. The summed E-state index contributed by atoms with van der Waals surface area (Å²) in [5.41, 5.74) is 2.59. The van der Waals surface area contributed by atoms with E-state index in [4.69, 9.17) is 5.41 Å². The predicted octanol–water partition coefficient (Wildman–Crippen LogP) is 5.34. The smallest absolute Gasteiger partial charge is 0.161 e. The van der Waals surface area contributed by atoms with E-state index in [1.807, 2.05) is 84.9 Å². The molecule has 0 saturated heterocycles. The van der Waals surface area contributed by atoms with Crippen molar-refractivity contribution in [1.29, 1.82) is 5.41 Å². The zero-order chi connectivity index (χ0) is 17.5. The van der Waals surface area contributed by atoms with Crippen LogP contribution in [0.2, 0.25) is 0 Å². The summed E-state index contributed by atoms with van der Waals surface area (Å²) < 4.78 is 0.943. The van der Waals surface area contributed by atoms with Gasteiger partial charge in [0, 0.05) is 21.8 Å². The molecule has 0 atom stereocenters. The highest BCUT2D eigenvalue weighted by atomic mass is 79.9. The summed E-state index contributed by atoms with van der Waals surface area (Å²) >= 11 is 3.48. The molecule has 0 radical (unpaired) electrons. The van der Waals surface area contributed by atoms with Crippen molar-refractivity contribution in [3.8, 4) is 0 Å². The zero-order valence-corrected chi connectivity index (χ0v) is 15.0. The van der Waals surface area contributed by atoms with Crippen molar-refractivity contribution in [3.05, 3.63) is 106 Å². The molecule has 0 heterocycles. The number of nitrogens with zero attached hydrogens (tertiary/aromatic N) is 2. The van der Waals surface area contributed by atoms with E-state index >= 15 is 0 Å².